The molecule has 2 aromatic heterocycles. The lowest BCUT2D eigenvalue weighted by molar-refractivity contribution is 0.0782. The van der Waals surface area contributed by atoms with Crippen LogP contribution in [0, 0.1) is 20.8 Å². The Hall–Kier alpha value is -2.89. The monoisotopic (exact) mass is 337 g/mol. The van der Waals surface area contributed by atoms with E-state index in [9.17, 15) is 4.79 Å². The van der Waals surface area contributed by atoms with Gasteiger partial charge in [0, 0.05) is 30.2 Å². The maximum absolute atomic E-state index is 12.5. The zero-order valence-corrected chi connectivity index (χ0v) is 15.1. The Morgan fingerprint density at radius 3 is 2.48 bits per heavy atom. The minimum absolute atomic E-state index is 0.0216. The second-order valence-electron chi connectivity index (χ2n) is 6.46. The molecule has 0 spiro atoms. The third-order valence-electron chi connectivity index (χ3n) is 4.13. The van der Waals surface area contributed by atoms with Crippen LogP contribution >= 0.6 is 0 Å². The molecule has 0 aliphatic rings. The van der Waals surface area contributed by atoms with Crippen LogP contribution in [0.15, 0.2) is 36.5 Å². The molecule has 1 amide bonds. The molecule has 0 radical (unpaired) electrons. The molecule has 0 aliphatic heterocycles. The molecule has 0 aliphatic carbocycles. The lowest BCUT2D eigenvalue weighted by Crippen LogP contribution is -2.26. The highest BCUT2D eigenvalue weighted by molar-refractivity contribution is 5.94. The highest BCUT2D eigenvalue weighted by Crippen LogP contribution is 2.11. The molecule has 0 unspecified atom stereocenters. The van der Waals surface area contributed by atoms with Gasteiger partial charge >= 0.3 is 0 Å². The number of nitrogens with one attached hydrogen (secondary N) is 1. The summed E-state index contributed by atoms with van der Waals surface area (Å²) in [6, 6.07) is 9.76. The first-order chi connectivity index (χ1) is 11.9. The number of nitrogens with zero attached hydrogens (tertiary/aromatic N) is 4. The number of hydrogen-bond donors (Lipinski definition) is 1. The van der Waals surface area contributed by atoms with Gasteiger partial charge in [-0.1, -0.05) is 12.1 Å². The zero-order chi connectivity index (χ0) is 18.0. The average Bonchev–Trinajstić information content (AvgIpc) is 3.12. The van der Waals surface area contributed by atoms with Crippen LogP contribution in [0.4, 0.5) is 0 Å². The molecule has 0 fully saturated rings. The van der Waals surface area contributed by atoms with Gasteiger partial charge in [-0.05, 0) is 44.5 Å². The predicted octanol–water partition coefficient (Wildman–Crippen LogP) is 2.85. The Kier molecular flexibility index (Phi) is 4.70. The topological polar surface area (TPSA) is 66.8 Å². The molecule has 130 valence electrons. The maximum Gasteiger partial charge on any atom is 0.253 e. The number of carbonyl (C=O) groups excluding carboxylic acids is 1. The third-order valence-corrected chi connectivity index (χ3v) is 4.13. The molecule has 0 saturated heterocycles. The number of aromatic nitrogens is 4. The summed E-state index contributed by atoms with van der Waals surface area (Å²) in [7, 11) is 1.78. The standard InChI is InChI=1S/C19H23N5O/c1-13-9-15(3)24(22-13)11-16-5-7-17(8-6-16)19(25)23(4)12-18-20-10-14(2)21-18/h5-10H,11-12H2,1-4H3,(H,20,21). The molecule has 3 rings (SSSR count). The molecule has 3 aromatic rings. The second kappa shape index (κ2) is 6.93. The van der Waals surface area contributed by atoms with Gasteiger partial charge in [-0.2, -0.15) is 5.10 Å². The summed E-state index contributed by atoms with van der Waals surface area (Å²) in [4.78, 5) is 21.6. The predicted molar refractivity (Wildman–Crippen MR) is 96.4 cm³/mol. The third kappa shape index (κ3) is 3.96. The van der Waals surface area contributed by atoms with E-state index >= 15 is 0 Å². The molecule has 2 heterocycles. The van der Waals surface area contributed by atoms with Crippen molar-refractivity contribution in [1.82, 2.24) is 24.6 Å². The number of amides is 1. The highest BCUT2D eigenvalue weighted by Gasteiger charge is 2.13. The van der Waals surface area contributed by atoms with Crippen molar-refractivity contribution in [3.8, 4) is 0 Å². The minimum atomic E-state index is -0.0216. The van der Waals surface area contributed by atoms with Gasteiger partial charge in [0.15, 0.2) is 0 Å². The summed E-state index contributed by atoms with van der Waals surface area (Å²) in [5.41, 5.74) is 4.92. The molecule has 0 saturated carbocycles. The molecule has 0 bridgehead atoms. The maximum atomic E-state index is 12.5. The van der Waals surface area contributed by atoms with Gasteiger partial charge in [0.2, 0.25) is 0 Å². The number of H-pyrrole nitrogens is 1. The molecule has 1 N–H and O–H groups in total. The van der Waals surface area contributed by atoms with Gasteiger partial charge < -0.3 is 9.88 Å². The Labute approximate surface area is 147 Å². The summed E-state index contributed by atoms with van der Waals surface area (Å²) < 4.78 is 1.97. The van der Waals surface area contributed by atoms with Gasteiger partial charge in [-0.3, -0.25) is 9.48 Å². The van der Waals surface area contributed by atoms with Crippen LogP contribution in [0.5, 0.6) is 0 Å². The Bertz CT molecular complexity index is 876. The smallest absolute Gasteiger partial charge is 0.253 e. The van der Waals surface area contributed by atoms with Gasteiger partial charge in [0.05, 0.1) is 18.8 Å². The van der Waals surface area contributed by atoms with Crippen LogP contribution in [0.1, 0.15) is 38.8 Å². The SMILES string of the molecule is Cc1cc(C)n(Cc2ccc(C(=O)N(C)Cc3ncc(C)[nH]3)cc2)n1. The van der Waals surface area contributed by atoms with Crippen LogP contribution in [0.2, 0.25) is 0 Å². The van der Waals surface area contributed by atoms with Crippen molar-refractivity contribution in [1.29, 1.82) is 0 Å². The second-order valence-corrected chi connectivity index (χ2v) is 6.46. The number of aromatic amines is 1. The molecule has 0 atom stereocenters. The fourth-order valence-electron chi connectivity index (χ4n) is 2.82. The van der Waals surface area contributed by atoms with Crippen molar-refractivity contribution in [3.63, 3.8) is 0 Å². The van der Waals surface area contributed by atoms with Gasteiger partial charge in [0.1, 0.15) is 5.82 Å². The van der Waals surface area contributed by atoms with E-state index in [-0.39, 0.29) is 5.91 Å². The van der Waals surface area contributed by atoms with E-state index in [1.807, 2.05) is 49.7 Å². The van der Waals surface area contributed by atoms with Crippen LogP contribution in [-0.4, -0.2) is 37.6 Å². The lowest BCUT2D eigenvalue weighted by Gasteiger charge is -2.16. The van der Waals surface area contributed by atoms with Crippen molar-refractivity contribution in [3.05, 3.63) is 70.6 Å². The van der Waals surface area contributed by atoms with E-state index in [4.69, 9.17) is 0 Å². The van der Waals surface area contributed by atoms with Crippen LogP contribution in [0.25, 0.3) is 0 Å². The molecule has 1 aromatic carbocycles. The summed E-state index contributed by atoms with van der Waals surface area (Å²) in [5.74, 6) is 0.765. The number of rotatable bonds is 5. The number of imidazole rings is 1. The lowest BCUT2D eigenvalue weighted by atomic mass is 10.1. The summed E-state index contributed by atoms with van der Waals surface area (Å²) in [6.45, 7) is 7.14. The van der Waals surface area contributed by atoms with Crippen molar-refractivity contribution >= 4 is 5.91 Å². The van der Waals surface area contributed by atoms with E-state index in [0.717, 1.165) is 28.5 Å². The number of benzene rings is 1. The average molecular weight is 337 g/mol. The largest absolute Gasteiger partial charge is 0.345 e. The first-order valence-electron chi connectivity index (χ1n) is 8.28. The molecular formula is C19H23N5O. The van der Waals surface area contributed by atoms with Gasteiger partial charge in [-0.25, -0.2) is 4.98 Å². The van der Waals surface area contributed by atoms with Crippen molar-refractivity contribution in [2.75, 3.05) is 7.05 Å². The molecule has 25 heavy (non-hydrogen) atoms. The fourth-order valence-corrected chi connectivity index (χ4v) is 2.82. The fraction of sp³-hybridized carbons (Fsp3) is 0.316. The molecular weight excluding hydrogens is 314 g/mol. The normalized spacial score (nSPS) is 10.9. The first kappa shape index (κ1) is 17.0. The van der Waals surface area contributed by atoms with Gasteiger partial charge in [-0.15, -0.1) is 0 Å². The van der Waals surface area contributed by atoms with Crippen molar-refractivity contribution in [2.45, 2.75) is 33.9 Å². The Morgan fingerprint density at radius 2 is 1.92 bits per heavy atom. The summed E-state index contributed by atoms with van der Waals surface area (Å²) >= 11 is 0. The van der Waals surface area contributed by atoms with Crippen molar-refractivity contribution < 1.29 is 4.79 Å². The van der Waals surface area contributed by atoms with Crippen molar-refractivity contribution in [2.24, 2.45) is 0 Å². The number of hydrogen-bond acceptors (Lipinski definition) is 3. The quantitative estimate of drug-likeness (QED) is 0.778. The molecule has 6 nitrogen and oxygen atoms in total. The van der Waals surface area contributed by atoms with E-state index in [2.05, 4.69) is 21.1 Å². The number of carbonyl (C=O) groups is 1. The first-order valence-corrected chi connectivity index (χ1v) is 8.28. The van der Waals surface area contributed by atoms with E-state index in [1.54, 1.807) is 18.1 Å². The van der Waals surface area contributed by atoms with Crippen LogP contribution < -0.4 is 0 Å². The zero-order valence-electron chi connectivity index (χ0n) is 15.1. The Balaban J connectivity index is 1.66. The van der Waals surface area contributed by atoms with Crippen LogP contribution in [-0.2, 0) is 13.1 Å². The Morgan fingerprint density at radius 1 is 1.20 bits per heavy atom. The highest BCUT2D eigenvalue weighted by atomic mass is 16.2. The van der Waals surface area contributed by atoms with Gasteiger partial charge in [0.25, 0.3) is 5.91 Å². The summed E-state index contributed by atoms with van der Waals surface area (Å²) in [5, 5.41) is 4.47. The number of aryl methyl sites for hydroxylation is 3. The van der Waals surface area contributed by atoms with E-state index in [0.29, 0.717) is 18.7 Å². The molecule has 6 heteroatoms. The van der Waals surface area contributed by atoms with E-state index in [1.165, 1.54) is 0 Å². The summed E-state index contributed by atoms with van der Waals surface area (Å²) in [6.07, 6.45) is 1.77. The minimum Gasteiger partial charge on any atom is -0.345 e. The van der Waals surface area contributed by atoms with Crippen LogP contribution in [0.3, 0.4) is 0 Å². The van der Waals surface area contributed by atoms with E-state index < -0.39 is 0 Å².